The first-order chi connectivity index (χ1) is 15.6. The Bertz CT molecular complexity index is 1300. The molecule has 0 amide bonds. The first kappa shape index (κ1) is 20.6. The van der Waals surface area contributed by atoms with E-state index in [-0.39, 0.29) is 6.04 Å². The number of halogens is 1. The van der Waals surface area contributed by atoms with Gasteiger partial charge in [-0.15, -0.1) is 0 Å². The molecule has 1 aliphatic heterocycles. The fourth-order valence-electron chi connectivity index (χ4n) is 4.88. The van der Waals surface area contributed by atoms with E-state index in [0.717, 1.165) is 37.2 Å². The van der Waals surface area contributed by atoms with Crippen LogP contribution >= 0.6 is 11.6 Å². The molecular formula is C28H25ClN2O. The first-order valence-corrected chi connectivity index (χ1v) is 11.3. The van der Waals surface area contributed by atoms with E-state index in [4.69, 9.17) is 11.6 Å². The van der Waals surface area contributed by atoms with Gasteiger partial charge in [-0.1, -0.05) is 66.2 Å². The summed E-state index contributed by atoms with van der Waals surface area (Å²) in [7, 11) is 0. The summed E-state index contributed by atoms with van der Waals surface area (Å²) in [5, 5.41) is 1.96. The molecule has 1 aromatic heterocycles. The third-order valence-electron chi connectivity index (χ3n) is 6.42. The monoisotopic (exact) mass is 440 g/mol. The van der Waals surface area contributed by atoms with Crippen molar-refractivity contribution in [3.63, 3.8) is 0 Å². The first-order valence-electron chi connectivity index (χ1n) is 10.9. The Kier molecular flexibility index (Phi) is 5.36. The van der Waals surface area contributed by atoms with Crippen molar-refractivity contribution < 1.29 is 4.79 Å². The van der Waals surface area contributed by atoms with Crippen molar-refractivity contribution in [2.24, 2.45) is 0 Å². The van der Waals surface area contributed by atoms with Gasteiger partial charge in [-0.2, -0.15) is 0 Å². The fraction of sp³-hybridized carbons (Fsp3) is 0.179. The standard InChI is InChI=1S/C28H25ClN2O/c1-19-7-9-21(10-8-19)17-31-26-6-4-3-5-24(26)25-15-16-30(23-13-11-22(29)12-14-23)27(28(25)31)20(2)18-32/h3-14,18,27H,2,15-17H2,1H3/t27-/m1/s1. The number of hydrogen-bond acceptors (Lipinski definition) is 2. The van der Waals surface area contributed by atoms with Crippen LogP contribution in [0.3, 0.4) is 0 Å². The van der Waals surface area contributed by atoms with Crippen molar-refractivity contribution in [2.75, 3.05) is 11.4 Å². The topological polar surface area (TPSA) is 25.2 Å². The lowest BCUT2D eigenvalue weighted by molar-refractivity contribution is -0.105. The zero-order valence-corrected chi connectivity index (χ0v) is 18.8. The Balaban J connectivity index is 1.71. The maximum absolute atomic E-state index is 12.0. The quantitative estimate of drug-likeness (QED) is 0.261. The molecule has 3 aromatic carbocycles. The number of nitrogens with zero attached hydrogens (tertiary/aromatic N) is 2. The zero-order valence-electron chi connectivity index (χ0n) is 18.1. The number of rotatable bonds is 5. The summed E-state index contributed by atoms with van der Waals surface area (Å²) in [6.45, 7) is 7.83. The van der Waals surface area contributed by atoms with Gasteiger partial charge in [0.25, 0.3) is 0 Å². The van der Waals surface area contributed by atoms with Crippen LogP contribution in [0.2, 0.25) is 5.02 Å². The van der Waals surface area contributed by atoms with E-state index in [0.29, 0.717) is 10.6 Å². The maximum Gasteiger partial charge on any atom is 0.147 e. The minimum Gasteiger partial charge on any atom is -0.358 e. The average molecular weight is 441 g/mol. The summed E-state index contributed by atoms with van der Waals surface area (Å²) >= 11 is 6.14. The lowest BCUT2D eigenvalue weighted by Crippen LogP contribution is -2.38. The molecule has 0 unspecified atom stereocenters. The second kappa shape index (κ2) is 8.33. The highest BCUT2D eigenvalue weighted by Gasteiger charge is 2.34. The predicted molar refractivity (Wildman–Crippen MR) is 133 cm³/mol. The molecule has 0 aliphatic carbocycles. The van der Waals surface area contributed by atoms with Crippen LogP contribution < -0.4 is 4.90 Å². The minimum atomic E-state index is -0.227. The van der Waals surface area contributed by atoms with E-state index in [9.17, 15) is 4.79 Å². The largest absolute Gasteiger partial charge is 0.358 e. The van der Waals surface area contributed by atoms with Gasteiger partial charge in [0.1, 0.15) is 6.29 Å². The van der Waals surface area contributed by atoms with Crippen molar-refractivity contribution in [3.05, 3.63) is 112 Å². The summed E-state index contributed by atoms with van der Waals surface area (Å²) in [4.78, 5) is 14.3. The van der Waals surface area contributed by atoms with Gasteiger partial charge >= 0.3 is 0 Å². The van der Waals surface area contributed by atoms with Crippen LogP contribution in [0.25, 0.3) is 10.9 Å². The van der Waals surface area contributed by atoms with Gasteiger partial charge in [0, 0.05) is 46.0 Å². The molecule has 0 bridgehead atoms. The Morgan fingerprint density at radius 2 is 1.78 bits per heavy atom. The number of carbonyl (C=O) groups excluding carboxylic acids is 1. The third kappa shape index (κ3) is 3.53. The second-order valence-electron chi connectivity index (χ2n) is 8.47. The molecule has 0 radical (unpaired) electrons. The molecule has 1 aliphatic rings. The number of anilines is 1. The maximum atomic E-state index is 12.0. The number of aldehydes is 1. The van der Waals surface area contributed by atoms with Gasteiger partial charge in [-0.05, 0) is 54.8 Å². The van der Waals surface area contributed by atoms with Crippen LogP contribution in [0, 0.1) is 6.92 Å². The van der Waals surface area contributed by atoms with Crippen LogP contribution in [-0.4, -0.2) is 17.4 Å². The number of benzene rings is 3. The Labute approximate surface area is 193 Å². The van der Waals surface area contributed by atoms with E-state index in [2.05, 4.69) is 71.5 Å². The lowest BCUT2D eigenvalue weighted by Gasteiger charge is -2.39. The second-order valence-corrected chi connectivity index (χ2v) is 8.90. The molecule has 1 atom stereocenters. The zero-order chi connectivity index (χ0) is 22.2. The molecule has 0 spiro atoms. The highest BCUT2D eigenvalue weighted by Crippen LogP contribution is 2.42. The molecule has 32 heavy (non-hydrogen) atoms. The number of carbonyl (C=O) groups is 1. The molecule has 4 heteroatoms. The van der Waals surface area contributed by atoms with Crippen LogP contribution in [0.1, 0.15) is 28.4 Å². The number of hydrogen-bond donors (Lipinski definition) is 0. The van der Waals surface area contributed by atoms with Gasteiger partial charge < -0.3 is 9.47 Å². The van der Waals surface area contributed by atoms with E-state index in [1.807, 2.05) is 24.3 Å². The Morgan fingerprint density at radius 3 is 2.50 bits per heavy atom. The summed E-state index contributed by atoms with van der Waals surface area (Å²) in [5.41, 5.74) is 7.75. The summed E-state index contributed by atoms with van der Waals surface area (Å²) in [6.07, 6.45) is 1.80. The normalized spacial score (nSPS) is 15.6. The molecule has 4 aromatic rings. The summed E-state index contributed by atoms with van der Waals surface area (Å²) < 4.78 is 2.37. The van der Waals surface area contributed by atoms with Gasteiger partial charge in [0.15, 0.2) is 0 Å². The highest BCUT2D eigenvalue weighted by molar-refractivity contribution is 6.30. The molecule has 5 rings (SSSR count). The molecule has 2 heterocycles. The van der Waals surface area contributed by atoms with Crippen LogP contribution in [0.4, 0.5) is 5.69 Å². The average Bonchev–Trinajstić information content (AvgIpc) is 3.13. The van der Waals surface area contributed by atoms with E-state index < -0.39 is 0 Å². The number of aromatic nitrogens is 1. The smallest absolute Gasteiger partial charge is 0.147 e. The van der Waals surface area contributed by atoms with E-state index in [1.165, 1.54) is 27.6 Å². The number of para-hydroxylation sites is 1. The van der Waals surface area contributed by atoms with Gasteiger partial charge in [-0.25, -0.2) is 0 Å². The van der Waals surface area contributed by atoms with Crippen molar-refractivity contribution in [1.29, 1.82) is 0 Å². The summed E-state index contributed by atoms with van der Waals surface area (Å²) in [5.74, 6) is 0. The molecule has 0 N–H and O–H groups in total. The van der Waals surface area contributed by atoms with Crippen molar-refractivity contribution in [2.45, 2.75) is 25.9 Å². The summed E-state index contributed by atoms with van der Waals surface area (Å²) in [6, 6.07) is 24.8. The molecule has 0 fully saturated rings. The number of aryl methyl sites for hydroxylation is 1. The third-order valence-corrected chi connectivity index (χ3v) is 6.67. The van der Waals surface area contributed by atoms with Gasteiger partial charge in [0.2, 0.25) is 0 Å². The fourth-order valence-corrected chi connectivity index (χ4v) is 5.00. The highest BCUT2D eigenvalue weighted by atomic mass is 35.5. The van der Waals surface area contributed by atoms with Crippen LogP contribution in [0.15, 0.2) is 84.9 Å². The van der Waals surface area contributed by atoms with Gasteiger partial charge in [-0.3, -0.25) is 4.79 Å². The molecule has 3 nitrogen and oxygen atoms in total. The van der Waals surface area contributed by atoms with Crippen molar-refractivity contribution in [1.82, 2.24) is 4.57 Å². The molecule has 160 valence electrons. The molecule has 0 saturated carbocycles. The number of fused-ring (bicyclic) bond motifs is 3. The minimum absolute atomic E-state index is 0.227. The van der Waals surface area contributed by atoms with Crippen molar-refractivity contribution >= 4 is 34.5 Å². The Morgan fingerprint density at radius 1 is 1.06 bits per heavy atom. The molecular weight excluding hydrogens is 416 g/mol. The van der Waals surface area contributed by atoms with Crippen LogP contribution in [-0.2, 0) is 17.8 Å². The van der Waals surface area contributed by atoms with Crippen molar-refractivity contribution in [3.8, 4) is 0 Å². The SMILES string of the molecule is C=C(C=O)[C@@H]1c2c(c3ccccc3n2Cc2ccc(C)cc2)CCN1c1ccc(Cl)cc1. The van der Waals surface area contributed by atoms with Gasteiger partial charge in [0.05, 0.1) is 6.04 Å². The van der Waals surface area contributed by atoms with E-state index in [1.54, 1.807) is 0 Å². The Hall–Kier alpha value is -3.30. The van der Waals surface area contributed by atoms with Crippen LogP contribution in [0.5, 0.6) is 0 Å². The van der Waals surface area contributed by atoms with E-state index >= 15 is 0 Å². The molecule has 0 saturated heterocycles. The predicted octanol–water partition coefficient (Wildman–Crippen LogP) is 6.51. The lowest BCUT2D eigenvalue weighted by atomic mass is 9.92.